The highest BCUT2D eigenvalue weighted by atomic mass is 32.2. The topological polar surface area (TPSA) is 92.3 Å². The maximum atomic E-state index is 12.6. The monoisotopic (exact) mass is 304 g/mol. The van der Waals surface area contributed by atoms with E-state index < -0.39 is 16.8 Å². The molecule has 0 radical (unpaired) electrons. The van der Waals surface area contributed by atoms with Crippen molar-refractivity contribution in [1.29, 1.82) is 0 Å². The van der Waals surface area contributed by atoms with Gasteiger partial charge in [-0.2, -0.15) is 0 Å². The molecular formula is C12H21FN4O2S. The average molecular weight is 304 g/mol. The minimum Gasteiger partial charge on any atom is -0.394 e. The minimum atomic E-state index is -1.32. The molecule has 2 heterocycles. The van der Waals surface area contributed by atoms with Crippen molar-refractivity contribution < 1.29 is 13.7 Å². The zero-order valence-electron chi connectivity index (χ0n) is 11.7. The van der Waals surface area contributed by atoms with Gasteiger partial charge in [0.05, 0.1) is 28.6 Å². The molecule has 6 nitrogen and oxygen atoms in total. The Bertz CT molecular complexity index is 427. The number of nitrogens with zero attached hydrogens (tertiary/aromatic N) is 3. The van der Waals surface area contributed by atoms with Gasteiger partial charge in [0.25, 0.3) is 0 Å². The quantitative estimate of drug-likeness (QED) is 0.834. The summed E-state index contributed by atoms with van der Waals surface area (Å²) < 4.78 is 23.8. The van der Waals surface area contributed by atoms with Gasteiger partial charge >= 0.3 is 0 Å². The third-order valence-electron chi connectivity index (χ3n) is 2.60. The van der Waals surface area contributed by atoms with Crippen molar-refractivity contribution in [2.45, 2.75) is 38.0 Å². The van der Waals surface area contributed by atoms with Crippen LogP contribution in [0.2, 0.25) is 0 Å². The van der Waals surface area contributed by atoms with Gasteiger partial charge in [0, 0.05) is 19.2 Å². The van der Waals surface area contributed by atoms with Gasteiger partial charge in [0.15, 0.2) is 5.82 Å². The van der Waals surface area contributed by atoms with Crippen molar-refractivity contribution >= 4 is 16.9 Å². The Balaban J connectivity index is 0.000000444. The molecule has 0 spiro atoms. The average Bonchev–Trinajstić information content (AvgIpc) is 2.39. The Kier molecular flexibility index (Phi) is 6.97. The third-order valence-corrected chi connectivity index (χ3v) is 3.64. The fourth-order valence-corrected chi connectivity index (χ4v) is 2.50. The normalized spacial score (nSPS) is 20.3. The molecule has 0 aromatic carbocycles. The summed E-state index contributed by atoms with van der Waals surface area (Å²) in [6.07, 6.45) is 3.84. The van der Waals surface area contributed by atoms with E-state index in [1.54, 1.807) is 13.8 Å². The number of halogens is 1. The summed E-state index contributed by atoms with van der Waals surface area (Å²) >= 11 is 0. The number of aliphatic hydroxyl groups excluding tert-OH is 1. The summed E-state index contributed by atoms with van der Waals surface area (Å²) in [5.41, 5.74) is 0. The minimum absolute atomic E-state index is 0.0533. The number of piperidine rings is 1. The number of nitrogens with two attached hydrogens (primary N) is 1. The maximum absolute atomic E-state index is 12.6. The molecule has 1 aromatic heterocycles. The molecule has 2 atom stereocenters. The van der Waals surface area contributed by atoms with Crippen molar-refractivity contribution in [3.8, 4) is 0 Å². The molecule has 0 amide bonds. The second-order valence-corrected chi connectivity index (χ2v) is 6.16. The highest BCUT2D eigenvalue weighted by Crippen LogP contribution is 2.17. The number of rotatable bonds is 2. The first-order valence-electron chi connectivity index (χ1n) is 6.45. The second kappa shape index (κ2) is 8.23. The summed E-state index contributed by atoms with van der Waals surface area (Å²) in [6.45, 7) is 4.80. The van der Waals surface area contributed by atoms with Crippen LogP contribution >= 0.6 is 0 Å². The summed E-state index contributed by atoms with van der Waals surface area (Å²) in [5.74, 6) is 0.0104. The van der Waals surface area contributed by atoms with Crippen LogP contribution in [-0.2, 0) is 11.0 Å². The predicted molar refractivity (Wildman–Crippen MR) is 76.9 cm³/mol. The third kappa shape index (κ3) is 5.89. The van der Waals surface area contributed by atoms with E-state index in [0.29, 0.717) is 12.5 Å². The molecule has 1 aliphatic heterocycles. The zero-order chi connectivity index (χ0) is 15.1. The number of hydrogen-bond donors (Lipinski definition) is 2. The summed E-state index contributed by atoms with van der Waals surface area (Å²) in [5, 5.41) is 13.4. The van der Waals surface area contributed by atoms with E-state index in [9.17, 15) is 8.60 Å². The predicted octanol–water partition coefficient (Wildman–Crippen LogP) is 0.594. The van der Waals surface area contributed by atoms with Gasteiger partial charge in [-0.3, -0.25) is 5.14 Å². The van der Waals surface area contributed by atoms with Crippen LogP contribution in [0.5, 0.6) is 0 Å². The molecule has 114 valence electrons. The Hall–Kier alpha value is -1.12. The van der Waals surface area contributed by atoms with Crippen molar-refractivity contribution in [3.63, 3.8) is 0 Å². The van der Waals surface area contributed by atoms with Crippen LogP contribution < -0.4 is 10.0 Å². The lowest BCUT2D eigenvalue weighted by Crippen LogP contribution is -2.42. The largest absolute Gasteiger partial charge is 0.394 e. The molecule has 0 bridgehead atoms. The molecule has 2 unspecified atom stereocenters. The van der Waals surface area contributed by atoms with Crippen LogP contribution in [0.4, 0.5) is 10.3 Å². The van der Waals surface area contributed by atoms with Crippen molar-refractivity contribution in [2.75, 3.05) is 18.0 Å². The van der Waals surface area contributed by atoms with E-state index in [-0.39, 0.29) is 11.4 Å². The van der Waals surface area contributed by atoms with Gasteiger partial charge in [-0.05, 0) is 26.7 Å². The molecule has 1 aromatic rings. The molecule has 20 heavy (non-hydrogen) atoms. The van der Waals surface area contributed by atoms with Gasteiger partial charge in [-0.1, -0.05) is 0 Å². The van der Waals surface area contributed by atoms with Crippen LogP contribution in [0.15, 0.2) is 12.4 Å². The molecule has 3 N–H and O–H groups in total. The summed E-state index contributed by atoms with van der Waals surface area (Å²) in [7, 11) is -1.32. The Labute approximate surface area is 120 Å². The zero-order valence-corrected chi connectivity index (χ0v) is 12.5. The lowest BCUT2D eigenvalue weighted by molar-refractivity contribution is 0.216. The number of aromatic nitrogens is 2. The fourth-order valence-electron chi connectivity index (χ4n) is 1.78. The first-order chi connectivity index (χ1) is 9.40. The van der Waals surface area contributed by atoms with E-state index in [1.165, 1.54) is 0 Å². The summed E-state index contributed by atoms with van der Waals surface area (Å²) in [4.78, 5) is 9.68. The smallest absolute Gasteiger partial charge is 0.225 e. The standard InChI is InChI=1S/C9H13FN4OS.C3H8O/c10-7-4-12-9(13-5-7)14-3-1-2-8(6-14)16(11)15;1-3(2)4/h4-5,8H,1-3,6,11H2;3-4H,1-2H3. The van der Waals surface area contributed by atoms with E-state index in [2.05, 4.69) is 9.97 Å². The first-order valence-corrected chi connectivity index (χ1v) is 7.73. The fraction of sp³-hybridized carbons (Fsp3) is 0.667. The number of anilines is 1. The van der Waals surface area contributed by atoms with Crippen LogP contribution in [0, 0.1) is 5.82 Å². The Morgan fingerprint density at radius 1 is 1.50 bits per heavy atom. The lowest BCUT2D eigenvalue weighted by Gasteiger charge is -2.31. The van der Waals surface area contributed by atoms with Crippen molar-refractivity contribution in [2.24, 2.45) is 5.14 Å². The van der Waals surface area contributed by atoms with Gasteiger partial charge in [0.2, 0.25) is 5.95 Å². The van der Waals surface area contributed by atoms with Crippen LogP contribution in [0.25, 0.3) is 0 Å². The lowest BCUT2D eigenvalue weighted by atomic mass is 10.1. The van der Waals surface area contributed by atoms with Crippen LogP contribution in [0.1, 0.15) is 26.7 Å². The molecule has 2 rings (SSSR count). The molecule has 1 saturated heterocycles. The maximum Gasteiger partial charge on any atom is 0.225 e. The van der Waals surface area contributed by atoms with Gasteiger partial charge < -0.3 is 10.0 Å². The highest BCUT2D eigenvalue weighted by molar-refractivity contribution is 7.83. The van der Waals surface area contributed by atoms with Gasteiger partial charge in [-0.15, -0.1) is 0 Å². The van der Waals surface area contributed by atoms with Crippen molar-refractivity contribution in [1.82, 2.24) is 9.97 Å². The number of hydrogen-bond acceptors (Lipinski definition) is 5. The molecule has 0 aliphatic carbocycles. The summed E-state index contributed by atoms with van der Waals surface area (Å²) in [6, 6.07) is 0. The van der Waals surface area contributed by atoms with Crippen molar-refractivity contribution in [3.05, 3.63) is 18.2 Å². The van der Waals surface area contributed by atoms with E-state index in [4.69, 9.17) is 10.2 Å². The first kappa shape index (κ1) is 16.9. The second-order valence-electron chi connectivity index (χ2n) is 4.83. The highest BCUT2D eigenvalue weighted by Gasteiger charge is 2.24. The Morgan fingerprint density at radius 3 is 2.55 bits per heavy atom. The van der Waals surface area contributed by atoms with Crippen LogP contribution in [-0.4, -0.2) is 43.7 Å². The van der Waals surface area contributed by atoms with Crippen LogP contribution in [0.3, 0.4) is 0 Å². The molecule has 1 aliphatic rings. The molecular weight excluding hydrogens is 283 g/mol. The molecule has 8 heteroatoms. The van der Waals surface area contributed by atoms with E-state index in [1.807, 2.05) is 4.90 Å². The van der Waals surface area contributed by atoms with Gasteiger partial charge in [-0.25, -0.2) is 18.6 Å². The number of aliphatic hydroxyl groups is 1. The Morgan fingerprint density at radius 2 is 2.05 bits per heavy atom. The van der Waals surface area contributed by atoms with E-state index >= 15 is 0 Å². The molecule has 0 saturated carbocycles. The molecule has 1 fully saturated rings. The van der Waals surface area contributed by atoms with E-state index in [0.717, 1.165) is 31.8 Å². The SMILES string of the molecule is CC(C)O.NS(=O)C1CCCN(c2ncc(F)cn2)C1. The van der Waals surface area contributed by atoms with Gasteiger partial charge in [0.1, 0.15) is 0 Å².